The third-order valence-electron chi connectivity index (χ3n) is 4.68. The molecule has 8 heteroatoms. The second-order valence-corrected chi connectivity index (χ2v) is 6.68. The molecular formula is C16H21N5O2S. The van der Waals surface area contributed by atoms with E-state index < -0.39 is 0 Å². The van der Waals surface area contributed by atoms with Gasteiger partial charge in [0, 0.05) is 19.1 Å². The number of anilines is 2. The lowest BCUT2D eigenvalue weighted by molar-refractivity contribution is 0.123. The number of hydrogen-bond donors (Lipinski definition) is 2. The summed E-state index contributed by atoms with van der Waals surface area (Å²) in [7, 11) is 0. The van der Waals surface area contributed by atoms with Gasteiger partial charge in [0.1, 0.15) is 0 Å². The predicted octanol–water partition coefficient (Wildman–Crippen LogP) is 2.29. The van der Waals surface area contributed by atoms with E-state index in [0.29, 0.717) is 16.7 Å². The van der Waals surface area contributed by atoms with Crippen molar-refractivity contribution in [2.24, 2.45) is 0 Å². The summed E-state index contributed by atoms with van der Waals surface area (Å²) >= 11 is 5.44. The Balaban J connectivity index is 1.53. The van der Waals surface area contributed by atoms with Crippen LogP contribution in [0.2, 0.25) is 0 Å². The molecule has 1 saturated carbocycles. The van der Waals surface area contributed by atoms with Crippen LogP contribution < -0.4 is 15.5 Å². The van der Waals surface area contributed by atoms with Gasteiger partial charge in [-0.15, -0.1) is 0 Å². The fourth-order valence-electron chi connectivity index (χ4n) is 3.43. The molecule has 1 aliphatic carbocycles. The van der Waals surface area contributed by atoms with Crippen molar-refractivity contribution in [2.45, 2.75) is 31.7 Å². The van der Waals surface area contributed by atoms with Crippen LogP contribution in [0.4, 0.5) is 11.4 Å². The van der Waals surface area contributed by atoms with E-state index in [1.165, 1.54) is 25.7 Å². The molecule has 24 heavy (non-hydrogen) atoms. The van der Waals surface area contributed by atoms with E-state index in [4.69, 9.17) is 21.6 Å². The van der Waals surface area contributed by atoms with Crippen LogP contribution in [0.25, 0.3) is 11.0 Å². The number of morpholine rings is 1. The van der Waals surface area contributed by atoms with Crippen molar-refractivity contribution >= 4 is 39.7 Å². The van der Waals surface area contributed by atoms with Crippen LogP contribution in [-0.4, -0.2) is 47.8 Å². The van der Waals surface area contributed by atoms with E-state index in [1.807, 2.05) is 12.1 Å². The van der Waals surface area contributed by atoms with E-state index in [1.54, 1.807) is 0 Å². The average Bonchev–Trinajstić information content (AvgIpc) is 3.27. The van der Waals surface area contributed by atoms with Crippen LogP contribution in [0, 0.1) is 0 Å². The van der Waals surface area contributed by atoms with Crippen LogP contribution >= 0.6 is 12.2 Å². The van der Waals surface area contributed by atoms with Crippen LogP contribution in [0.15, 0.2) is 16.8 Å². The van der Waals surface area contributed by atoms with Gasteiger partial charge in [-0.05, 0) is 47.5 Å². The average molecular weight is 347 g/mol. The van der Waals surface area contributed by atoms with Crippen LogP contribution in [-0.2, 0) is 4.74 Å². The van der Waals surface area contributed by atoms with Gasteiger partial charge >= 0.3 is 0 Å². The highest BCUT2D eigenvalue weighted by atomic mass is 32.1. The molecule has 2 heterocycles. The predicted molar refractivity (Wildman–Crippen MR) is 96.4 cm³/mol. The molecule has 2 N–H and O–H groups in total. The molecule has 1 aromatic carbocycles. The van der Waals surface area contributed by atoms with Crippen molar-refractivity contribution in [1.29, 1.82) is 0 Å². The largest absolute Gasteiger partial charge is 0.378 e. The lowest BCUT2D eigenvalue weighted by Gasteiger charge is -2.28. The minimum absolute atomic E-state index is 0.476. The minimum Gasteiger partial charge on any atom is -0.378 e. The zero-order valence-corrected chi connectivity index (χ0v) is 14.3. The lowest BCUT2D eigenvalue weighted by atomic mass is 10.2. The first-order chi connectivity index (χ1) is 11.8. The Morgan fingerprint density at radius 1 is 1.12 bits per heavy atom. The SMILES string of the molecule is S=C(Nc1ccc(N2CCOCC2)c2nonc12)NC1CCCC1. The van der Waals surface area contributed by atoms with E-state index in [2.05, 4.69) is 25.8 Å². The first kappa shape index (κ1) is 15.6. The van der Waals surface area contributed by atoms with Crippen LogP contribution in [0.5, 0.6) is 0 Å². The molecule has 1 saturated heterocycles. The number of aromatic nitrogens is 2. The van der Waals surface area contributed by atoms with Crippen molar-refractivity contribution in [2.75, 3.05) is 36.5 Å². The number of fused-ring (bicyclic) bond motifs is 1. The summed E-state index contributed by atoms with van der Waals surface area (Å²) < 4.78 is 10.4. The molecule has 1 aliphatic heterocycles. The highest BCUT2D eigenvalue weighted by molar-refractivity contribution is 7.80. The first-order valence-electron chi connectivity index (χ1n) is 8.47. The molecule has 2 aromatic rings. The number of nitrogens with zero attached hydrogens (tertiary/aromatic N) is 3. The smallest absolute Gasteiger partial charge is 0.171 e. The van der Waals surface area contributed by atoms with Gasteiger partial charge in [-0.2, -0.15) is 0 Å². The molecule has 0 unspecified atom stereocenters. The monoisotopic (exact) mass is 347 g/mol. The molecule has 0 bridgehead atoms. The van der Waals surface area contributed by atoms with Gasteiger partial charge in [-0.1, -0.05) is 12.8 Å². The highest BCUT2D eigenvalue weighted by Gasteiger charge is 2.20. The summed E-state index contributed by atoms with van der Waals surface area (Å²) in [6.45, 7) is 3.14. The van der Waals surface area contributed by atoms with Gasteiger partial charge in [-0.25, -0.2) is 4.63 Å². The zero-order chi connectivity index (χ0) is 16.4. The molecular weight excluding hydrogens is 326 g/mol. The number of hydrogen-bond acceptors (Lipinski definition) is 6. The van der Waals surface area contributed by atoms with Crippen molar-refractivity contribution in [3.63, 3.8) is 0 Å². The quantitative estimate of drug-likeness (QED) is 0.819. The van der Waals surface area contributed by atoms with Crippen LogP contribution in [0.1, 0.15) is 25.7 Å². The summed E-state index contributed by atoms with van der Waals surface area (Å²) in [6.07, 6.45) is 4.90. The molecule has 128 valence electrons. The van der Waals surface area contributed by atoms with Gasteiger partial charge in [0.15, 0.2) is 16.1 Å². The summed E-state index contributed by atoms with van der Waals surface area (Å²) in [5.41, 5.74) is 3.30. The lowest BCUT2D eigenvalue weighted by Crippen LogP contribution is -2.36. The Bertz CT molecular complexity index is 722. The van der Waals surface area contributed by atoms with Crippen LogP contribution in [0.3, 0.4) is 0 Å². The summed E-state index contributed by atoms with van der Waals surface area (Å²) in [5, 5.41) is 15.4. The number of ether oxygens (including phenoxy) is 1. The number of rotatable bonds is 3. The third kappa shape index (κ3) is 3.16. The maximum atomic E-state index is 5.44. The second-order valence-electron chi connectivity index (χ2n) is 6.27. The second kappa shape index (κ2) is 6.90. The highest BCUT2D eigenvalue weighted by Crippen LogP contribution is 2.30. The van der Waals surface area contributed by atoms with E-state index in [-0.39, 0.29) is 0 Å². The standard InChI is InChI=1S/C16H21N5O2S/c24-16(17-11-3-1-2-4-11)18-12-5-6-13(15-14(12)19-23-20-15)21-7-9-22-10-8-21/h5-6,11H,1-4,7-10H2,(H2,17,18,24). The summed E-state index contributed by atoms with van der Waals surface area (Å²) in [4.78, 5) is 2.24. The Kier molecular flexibility index (Phi) is 4.48. The van der Waals surface area contributed by atoms with Crippen molar-refractivity contribution in [3.8, 4) is 0 Å². The van der Waals surface area contributed by atoms with Gasteiger partial charge in [0.25, 0.3) is 0 Å². The Labute approximate surface area is 145 Å². The van der Waals surface area contributed by atoms with Gasteiger partial charge in [0.2, 0.25) is 0 Å². The number of nitrogens with one attached hydrogen (secondary N) is 2. The van der Waals surface area contributed by atoms with E-state index in [0.717, 1.165) is 43.2 Å². The Hall–Kier alpha value is -1.93. The molecule has 7 nitrogen and oxygen atoms in total. The number of thiocarbonyl (C=S) groups is 1. The summed E-state index contributed by atoms with van der Waals surface area (Å²) in [6, 6.07) is 4.50. The molecule has 4 rings (SSSR count). The third-order valence-corrected chi connectivity index (χ3v) is 4.90. The van der Waals surface area contributed by atoms with Gasteiger partial charge < -0.3 is 20.3 Å². The Morgan fingerprint density at radius 3 is 2.67 bits per heavy atom. The fraction of sp³-hybridized carbons (Fsp3) is 0.562. The van der Waals surface area contributed by atoms with Gasteiger partial charge in [0.05, 0.1) is 24.6 Å². The summed E-state index contributed by atoms with van der Waals surface area (Å²) in [5.74, 6) is 0. The normalized spacial score (nSPS) is 18.9. The molecule has 0 radical (unpaired) electrons. The van der Waals surface area contributed by atoms with E-state index in [9.17, 15) is 0 Å². The minimum atomic E-state index is 0.476. The molecule has 0 spiro atoms. The maximum absolute atomic E-state index is 5.44. The van der Waals surface area contributed by atoms with E-state index >= 15 is 0 Å². The number of benzene rings is 1. The fourth-order valence-corrected chi connectivity index (χ4v) is 3.70. The molecule has 2 aliphatic rings. The molecule has 1 aromatic heterocycles. The van der Waals surface area contributed by atoms with Crippen molar-refractivity contribution < 1.29 is 9.37 Å². The Morgan fingerprint density at radius 2 is 1.88 bits per heavy atom. The first-order valence-corrected chi connectivity index (χ1v) is 8.87. The topological polar surface area (TPSA) is 75.5 Å². The molecule has 0 atom stereocenters. The zero-order valence-electron chi connectivity index (χ0n) is 13.5. The van der Waals surface area contributed by atoms with Gasteiger partial charge in [-0.3, -0.25) is 0 Å². The molecule has 0 amide bonds. The van der Waals surface area contributed by atoms with Crippen molar-refractivity contribution in [3.05, 3.63) is 12.1 Å². The molecule has 2 fully saturated rings. The maximum Gasteiger partial charge on any atom is 0.171 e. The van der Waals surface area contributed by atoms with Crippen molar-refractivity contribution in [1.82, 2.24) is 15.6 Å².